The average Bonchev–Trinajstić information content (AvgIpc) is 3.45. The van der Waals surface area contributed by atoms with Crippen LogP contribution in [0.5, 0.6) is 0 Å². The van der Waals surface area contributed by atoms with Gasteiger partial charge in [0.1, 0.15) is 0 Å². The number of aryl methyl sites for hydroxylation is 3. The highest BCUT2D eigenvalue weighted by Gasteiger charge is 2.35. The van der Waals surface area contributed by atoms with Crippen molar-refractivity contribution in [3.8, 4) is 11.3 Å². The molecule has 1 saturated carbocycles. The van der Waals surface area contributed by atoms with Crippen molar-refractivity contribution in [2.45, 2.75) is 64.1 Å². The Kier molecular flexibility index (Phi) is 5.59. The number of benzene rings is 1. The molecule has 33 heavy (non-hydrogen) atoms. The molecule has 0 saturated heterocycles. The first-order chi connectivity index (χ1) is 15.9. The molecule has 3 heterocycles. The summed E-state index contributed by atoms with van der Waals surface area (Å²) in [5.41, 5.74) is 1.92. The first-order valence-corrected chi connectivity index (χ1v) is 11.1. The van der Waals surface area contributed by atoms with E-state index >= 15 is 0 Å². The number of halogens is 3. The first kappa shape index (κ1) is 21.5. The minimum Gasteiger partial charge on any atom is -0.335 e. The van der Waals surface area contributed by atoms with Gasteiger partial charge in [0.2, 0.25) is 0 Å². The van der Waals surface area contributed by atoms with Crippen molar-refractivity contribution < 1.29 is 13.2 Å². The fourth-order valence-electron chi connectivity index (χ4n) is 4.71. The maximum Gasteiger partial charge on any atom is 0.417 e. The fraction of sp³-hybridized carbons (Fsp3) is 0.435. The number of nitrogens with zero attached hydrogens (tertiary/aromatic N) is 7. The normalized spacial score (nSPS) is 15.4. The van der Waals surface area contributed by atoms with Crippen molar-refractivity contribution >= 4 is 11.0 Å². The van der Waals surface area contributed by atoms with Gasteiger partial charge in [0.15, 0.2) is 5.65 Å². The molecular weight excluding hydrogens is 431 g/mol. The summed E-state index contributed by atoms with van der Waals surface area (Å²) >= 11 is 0. The second kappa shape index (κ2) is 8.57. The molecule has 3 aromatic heterocycles. The molecule has 1 aromatic carbocycles. The summed E-state index contributed by atoms with van der Waals surface area (Å²) in [5, 5.41) is 18.8. The van der Waals surface area contributed by atoms with Crippen LogP contribution < -0.4 is 5.10 Å². The second-order valence-electron chi connectivity index (χ2n) is 8.56. The SMILES string of the molecule is Cc1nn(CCc2nnn[n-]2)c2nc(-c3ccc(C4CCCCC4)cc3)cc(C(F)(F)F)c12. The summed E-state index contributed by atoms with van der Waals surface area (Å²) in [7, 11) is 0. The summed E-state index contributed by atoms with van der Waals surface area (Å²) in [6.45, 7) is 1.84. The van der Waals surface area contributed by atoms with Crippen molar-refractivity contribution in [2.24, 2.45) is 0 Å². The van der Waals surface area contributed by atoms with Crippen LogP contribution in [0.3, 0.4) is 0 Å². The van der Waals surface area contributed by atoms with Crippen molar-refractivity contribution in [3.05, 3.63) is 53.0 Å². The van der Waals surface area contributed by atoms with E-state index in [4.69, 9.17) is 0 Å². The lowest BCUT2D eigenvalue weighted by molar-refractivity contribution is -0.136. The smallest absolute Gasteiger partial charge is 0.335 e. The fourth-order valence-corrected chi connectivity index (χ4v) is 4.71. The van der Waals surface area contributed by atoms with Crippen LogP contribution >= 0.6 is 0 Å². The zero-order valence-electron chi connectivity index (χ0n) is 18.2. The predicted octanol–water partition coefficient (Wildman–Crippen LogP) is 4.86. The molecule has 5 rings (SSSR count). The van der Waals surface area contributed by atoms with Crippen LogP contribution in [-0.4, -0.2) is 30.3 Å². The van der Waals surface area contributed by atoms with Crippen molar-refractivity contribution in [1.82, 2.24) is 35.4 Å². The van der Waals surface area contributed by atoms with Gasteiger partial charge in [-0.3, -0.25) is 10.3 Å². The van der Waals surface area contributed by atoms with E-state index in [9.17, 15) is 13.2 Å². The zero-order valence-corrected chi connectivity index (χ0v) is 18.2. The quantitative estimate of drug-likeness (QED) is 0.428. The first-order valence-electron chi connectivity index (χ1n) is 11.1. The van der Waals surface area contributed by atoms with E-state index in [1.165, 1.54) is 42.3 Å². The Morgan fingerprint density at radius 3 is 2.52 bits per heavy atom. The molecule has 0 N–H and O–H groups in total. The van der Waals surface area contributed by atoms with Gasteiger partial charge in [-0.05, 0) is 43.7 Å². The number of aromatic nitrogens is 7. The van der Waals surface area contributed by atoms with E-state index in [1.54, 1.807) is 6.92 Å². The van der Waals surface area contributed by atoms with E-state index in [2.05, 4.69) is 30.7 Å². The Hall–Kier alpha value is -3.30. The summed E-state index contributed by atoms with van der Waals surface area (Å²) < 4.78 is 43.5. The Morgan fingerprint density at radius 2 is 1.85 bits per heavy atom. The van der Waals surface area contributed by atoms with E-state index in [0.717, 1.165) is 6.07 Å². The third-order valence-corrected chi connectivity index (χ3v) is 6.37. The van der Waals surface area contributed by atoms with Crippen LogP contribution in [0.4, 0.5) is 13.2 Å². The van der Waals surface area contributed by atoms with E-state index < -0.39 is 11.7 Å². The highest BCUT2D eigenvalue weighted by molar-refractivity contribution is 5.85. The average molecular weight is 454 g/mol. The topological polar surface area (TPSA) is 83.5 Å². The summed E-state index contributed by atoms with van der Waals surface area (Å²) in [5.74, 6) is 0.933. The van der Waals surface area contributed by atoms with Gasteiger partial charge >= 0.3 is 6.18 Å². The maximum absolute atomic E-state index is 14.0. The molecule has 0 aliphatic heterocycles. The van der Waals surface area contributed by atoms with Crippen molar-refractivity contribution in [3.63, 3.8) is 0 Å². The molecule has 1 aliphatic rings. The number of alkyl halides is 3. The molecule has 0 bridgehead atoms. The highest BCUT2D eigenvalue weighted by atomic mass is 19.4. The third kappa shape index (κ3) is 4.34. The minimum absolute atomic E-state index is 0.0183. The molecule has 7 nitrogen and oxygen atoms in total. The van der Waals surface area contributed by atoms with Gasteiger partial charge in [-0.1, -0.05) is 43.5 Å². The molecule has 172 valence electrons. The van der Waals surface area contributed by atoms with Crippen molar-refractivity contribution in [2.75, 3.05) is 0 Å². The Bertz CT molecular complexity index is 1240. The standard InChI is InChI=1S/C23H23F3N7/c1-14-21-18(23(24,25)26)13-19(17-9-7-16(8-10-17)15-5-3-2-4-6-15)27-22(21)33(30-14)12-11-20-28-31-32-29-20/h7-10,13,15H,2-6,11-12H2,1H3/q-1. The highest BCUT2D eigenvalue weighted by Crippen LogP contribution is 2.39. The molecule has 0 radical (unpaired) electrons. The van der Waals surface area contributed by atoms with Crippen LogP contribution in [0.2, 0.25) is 0 Å². The number of hydrogen-bond acceptors (Lipinski definition) is 5. The lowest BCUT2D eigenvalue weighted by Gasteiger charge is -2.22. The Balaban J connectivity index is 1.55. The van der Waals surface area contributed by atoms with Crippen molar-refractivity contribution in [1.29, 1.82) is 0 Å². The Labute approximate surface area is 188 Å². The van der Waals surface area contributed by atoms with Gasteiger partial charge in [0.05, 0.1) is 22.3 Å². The molecule has 0 atom stereocenters. The molecule has 1 fully saturated rings. The molecule has 0 unspecified atom stereocenters. The minimum atomic E-state index is -4.53. The van der Waals surface area contributed by atoms with Crippen LogP contribution in [0.1, 0.15) is 60.7 Å². The van der Waals surface area contributed by atoms with Gasteiger partial charge in [-0.25, -0.2) is 9.67 Å². The van der Waals surface area contributed by atoms with Crippen LogP contribution in [-0.2, 0) is 19.1 Å². The molecule has 0 amide bonds. The number of pyridine rings is 1. The number of rotatable bonds is 5. The monoisotopic (exact) mass is 454 g/mol. The van der Waals surface area contributed by atoms with Crippen LogP contribution in [0, 0.1) is 6.92 Å². The van der Waals surface area contributed by atoms with E-state index in [-0.39, 0.29) is 29.0 Å². The molecule has 4 aromatic rings. The lowest BCUT2D eigenvalue weighted by Crippen LogP contribution is -2.09. The third-order valence-electron chi connectivity index (χ3n) is 6.37. The maximum atomic E-state index is 14.0. The molecular formula is C23H23F3N7-. The lowest BCUT2D eigenvalue weighted by atomic mass is 9.84. The zero-order chi connectivity index (χ0) is 23.0. The van der Waals surface area contributed by atoms with Gasteiger partial charge in [0, 0.05) is 17.9 Å². The Morgan fingerprint density at radius 1 is 1.09 bits per heavy atom. The van der Waals surface area contributed by atoms with Gasteiger partial charge in [-0.2, -0.15) is 23.5 Å². The summed E-state index contributed by atoms with van der Waals surface area (Å²) in [6, 6.07) is 8.94. The van der Waals surface area contributed by atoms with E-state index in [0.29, 0.717) is 23.7 Å². The van der Waals surface area contributed by atoms with Crippen LogP contribution in [0.25, 0.3) is 22.3 Å². The number of fused-ring (bicyclic) bond motifs is 1. The van der Waals surface area contributed by atoms with Gasteiger partial charge in [0.25, 0.3) is 0 Å². The second-order valence-corrected chi connectivity index (χ2v) is 8.56. The van der Waals surface area contributed by atoms with E-state index in [1.807, 2.05) is 24.3 Å². The van der Waals surface area contributed by atoms with Gasteiger partial charge in [-0.15, -0.1) is 0 Å². The van der Waals surface area contributed by atoms with Crippen LogP contribution in [0.15, 0.2) is 30.3 Å². The predicted molar refractivity (Wildman–Crippen MR) is 115 cm³/mol. The molecule has 10 heteroatoms. The summed E-state index contributed by atoms with van der Waals surface area (Å²) in [4.78, 5) is 4.61. The molecule has 1 aliphatic carbocycles. The van der Waals surface area contributed by atoms with Gasteiger partial charge < -0.3 is 5.10 Å². The largest absolute Gasteiger partial charge is 0.417 e. The summed E-state index contributed by atoms with van der Waals surface area (Å²) in [6.07, 6.45) is 1.87. The number of hydrogen-bond donors (Lipinski definition) is 0. The number of tetrazole rings is 1. The molecule has 0 spiro atoms.